The molecule has 1 heterocycles. The second-order valence-corrected chi connectivity index (χ2v) is 6.71. The Balaban J connectivity index is 2.09. The van der Waals surface area contributed by atoms with Gasteiger partial charge in [0.2, 0.25) is 11.8 Å². The summed E-state index contributed by atoms with van der Waals surface area (Å²) in [5.41, 5.74) is 0.620. The number of rotatable bonds is 6. The number of likely N-dealkylation sites (tertiary alicyclic amines) is 1. The van der Waals surface area contributed by atoms with Gasteiger partial charge in [0, 0.05) is 16.6 Å². The molecule has 134 valence electrons. The van der Waals surface area contributed by atoms with Gasteiger partial charge in [0.25, 0.3) is 0 Å². The smallest absolute Gasteiger partial charge is 0.426 e. The lowest BCUT2D eigenvalue weighted by Gasteiger charge is -2.26. The zero-order chi connectivity index (χ0) is 18.6. The summed E-state index contributed by atoms with van der Waals surface area (Å²) in [6.45, 7) is 3.90. The van der Waals surface area contributed by atoms with Gasteiger partial charge in [-0.15, -0.1) is 0 Å². The second kappa shape index (κ2) is 8.71. The Morgan fingerprint density at radius 3 is 2.76 bits per heavy atom. The van der Waals surface area contributed by atoms with E-state index in [2.05, 4.69) is 11.9 Å². The molecular weight excluding hydrogens is 366 g/mol. The van der Waals surface area contributed by atoms with Crippen LogP contribution >= 0.6 is 23.2 Å². The summed E-state index contributed by atoms with van der Waals surface area (Å²) >= 11 is 11.9. The van der Waals surface area contributed by atoms with E-state index in [0.717, 1.165) is 6.08 Å². The van der Waals surface area contributed by atoms with Crippen molar-refractivity contribution in [3.05, 3.63) is 46.5 Å². The van der Waals surface area contributed by atoms with Gasteiger partial charge in [0.15, 0.2) is 0 Å². The van der Waals surface area contributed by atoms with Gasteiger partial charge in [-0.3, -0.25) is 9.59 Å². The fourth-order valence-corrected chi connectivity index (χ4v) is 3.34. The van der Waals surface area contributed by atoms with Crippen LogP contribution in [-0.4, -0.2) is 52.4 Å². The van der Waals surface area contributed by atoms with Crippen LogP contribution in [0.5, 0.6) is 0 Å². The number of carbonyl (C=O) groups excluding carboxylic acids is 2. The van der Waals surface area contributed by atoms with E-state index < -0.39 is 25.0 Å². The number of hydrogen-bond acceptors (Lipinski definition) is 4. The van der Waals surface area contributed by atoms with Gasteiger partial charge >= 0.3 is 7.12 Å². The van der Waals surface area contributed by atoms with Gasteiger partial charge in [-0.2, -0.15) is 0 Å². The molecule has 0 saturated carbocycles. The van der Waals surface area contributed by atoms with Crippen molar-refractivity contribution in [2.45, 2.75) is 31.2 Å². The van der Waals surface area contributed by atoms with E-state index >= 15 is 0 Å². The average Bonchev–Trinajstić information content (AvgIpc) is 3.05. The first-order valence-corrected chi connectivity index (χ1v) is 8.62. The molecule has 1 aromatic carbocycles. The van der Waals surface area contributed by atoms with Crippen LogP contribution in [0.3, 0.4) is 0 Å². The van der Waals surface area contributed by atoms with Crippen molar-refractivity contribution in [1.82, 2.24) is 10.2 Å². The molecule has 6 nitrogen and oxygen atoms in total. The Bertz CT molecular complexity index is 672. The molecule has 1 aliphatic heterocycles. The molecule has 0 radical (unpaired) electrons. The first-order chi connectivity index (χ1) is 11.8. The Morgan fingerprint density at radius 2 is 2.16 bits per heavy atom. The van der Waals surface area contributed by atoms with Crippen molar-refractivity contribution in [3.63, 3.8) is 0 Å². The Morgan fingerprint density at radius 1 is 1.44 bits per heavy atom. The molecule has 1 aliphatic rings. The standard InChI is InChI=1S/C16H19BCl2N2O4/c1-2-15(22)21-7-3-4-13(21)16(23)20-14(17(24)25)8-10-5-6-11(18)9-12(10)19/h2,5-6,9,13-14,24-25H,1,3-4,7-8H2,(H,20,23)/t13-,14?/m1/s1. The monoisotopic (exact) mass is 384 g/mol. The number of benzene rings is 1. The molecule has 0 aromatic heterocycles. The third-order valence-corrected chi connectivity index (χ3v) is 4.74. The molecule has 0 spiro atoms. The lowest BCUT2D eigenvalue weighted by atomic mass is 9.75. The van der Waals surface area contributed by atoms with Gasteiger partial charge in [0.1, 0.15) is 6.04 Å². The molecule has 0 aliphatic carbocycles. The van der Waals surface area contributed by atoms with Crippen LogP contribution in [0.2, 0.25) is 10.0 Å². The Labute approximate surface area is 156 Å². The highest BCUT2D eigenvalue weighted by Crippen LogP contribution is 2.23. The van der Waals surface area contributed by atoms with Gasteiger partial charge in [-0.1, -0.05) is 35.8 Å². The van der Waals surface area contributed by atoms with Gasteiger partial charge < -0.3 is 20.3 Å². The van der Waals surface area contributed by atoms with Crippen LogP contribution in [0.25, 0.3) is 0 Å². The summed E-state index contributed by atoms with van der Waals surface area (Å²) in [5, 5.41) is 22.6. The fourth-order valence-electron chi connectivity index (χ4n) is 2.85. The van der Waals surface area contributed by atoms with E-state index in [1.807, 2.05) is 0 Å². The minimum Gasteiger partial charge on any atom is -0.426 e. The topological polar surface area (TPSA) is 89.9 Å². The van der Waals surface area contributed by atoms with Gasteiger partial charge in [-0.05, 0) is 43.0 Å². The maximum absolute atomic E-state index is 12.5. The molecule has 0 bridgehead atoms. The molecule has 1 saturated heterocycles. The number of nitrogens with zero attached hydrogens (tertiary/aromatic N) is 1. The van der Waals surface area contributed by atoms with E-state index in [9.17, 15) is 19.6 Å². The van der Waals surface area contributed by atoms with E-state index in [4.69, 9.17) is 23.2 Å². The molecule has 9 heteroatoms. The number of carbonyl (C=O) groups is 2. The highest BCUT2D eigenvalue weighted by molar-refractivity contribution is 6.44. The molecule has 1 unspecified atom stereocenters. The second-order valence-electron chi connectivity index (χ2n) is 5.86. The first-order valence-electron chi connectivity index (χ1n) is 7.87. The van der Waals surface area contributed by atoms with Crippen LogP contribution in [-0.2, 0) is 16.0 Å². The molecule has 2 rings (SSSR count). The number of nitrogens with one attached hydrogen (secondary N) is 1. The van der Waals surface area contributed by atoms with Crippen LogP contribution in [0.4, 0.5) is 0 Å². The summed E-state index contributed by atoms with van der Waals surface area (Å²) in [5.74, 6) is -1.72. The highest BCUT2D eigenvalue weighted by Gasteiger charge is 2.36. The SMILES string of the molecule is C=CC(=O)N1CCC[C@@H]1C(=O)NC(Cc1ccc(Cl)cc1Cl)B(O)O. The van der Waals surface area contributed by atoms with Crippen molar-refractivity contribution in [2.75, 3.05) is 6.54 Å². The molecule has 25 heavy (non-hydrogen) atoms. The summed E-state index contributed by atoms with van der Waals surface area (Å²) < 4.78 is 0. The van der Waals surface area contributed by atoms with Gasteiger partial charge in [-0.25, -0.2) is 0 Å². The van der Waals surface area contributed by atoms with Crippen molar-refractivity contribution in [2.24, 2.45) is 0 Å². The van der Waals surface area contributed by atoms with Crippen molar-refractivity contribution in [3.8, 4) is 0 Å². The fraction of sp³-hybridized carbons (Fsp3) is 0.375. The molecular formula is C16H19BCl2N2O4. The maximum Gasteiger partial charge on any atom is 0.475 e. The minimum absolute atomic E-state index is 0.113. The molecule has 3 N–H and O–H groups in total. The molecule has 1 aromatic rings. The molecule has 1 fully saturated rings. The lowest BCUT2D eigenvalue weighted by molar-refractivity contribution is -0.135. The normalized spacial score (nSPS) is 17.9. The highest BCUT2D eigenvalue weighted by atomic mass is 35.5. The summed E-state index contributed by atoms with van der Waals surface area (Å²) in [6.07, 6.45) is 2.49. The number of amides is 2. The van der Waals surface area contributed by atoms with E-state index in [0.29, 0.717) is 35.0 Å². The van der Waals surface area contributed by atoms with Gasteiger partial charge in [0.05, 0.1) is 5.94 Å². The summed E-state index contributed by atoms with van der Waals surface area (Å²) in [6, 6.07) is 4.19. The predicted octanol–water partition coefficient (Wildman–Crippen LogP) is 1.21. The van der Waals surface area contributed by atoms with Crippen molar-refractivity contribution >= 4 is 42.1 Å². The van der Waals surface area contributed by atoms with Crippen molar-refractivity contribution in [1.29, 1.82) is 0 Å². The van der Waals surface area contributed by atoms with E-state index in [1.165, 1.54) is 4.90 Å². The van der Waals surface area contributed by atoms with E-state index in [-0.39, 0.29) is 12.3 Å². The van der Waals surface area contributed by atoms with Crippen LogP contribution in [0, 0.1) is 0 Å². The average molecular weight is 385 g/mol. The maximum atomic E-state index is 12.5. The number of hydrogen-bond donors (Lipinski definition) is 3. The minimum atomic E-state index is -1.78. The zero-order valence-corrected chi connectivity index (χ0v) is 15.0. The Hall–Kier alpha value is -1.54. The summed E-state index contributed by atoms with van der Waals surface area (Å²) in [4.78, 5) is 25.7. The largest absolute Gasteiger partial charge is 0.475 e. The first kappa shape index (κ1) is 19.8. The quantitative estimate of drug-likeness (QED) is 0.508. The third-order valence-electron chi connectivity index (χ3n) is 4.16. The lowest BCUT2D eigenvalue weighted by Crippen LogP contribution is -2.54. The van der Waals surface area contributed by atoms with Crippen LogP contribution in [0.1, 0.15) is 18.4 Å². The van der Waals surface area contributed by atoms with E-state index in [1.54, 1.807) is 18.2 Å². The Kier molecular flexibility index (Phi) is 6.90. The number of halogens is 2. The van der Waals surface area contributed by atoms with Crippen molar-refractivity contribution < 1.29 is 19.6 Å². The predicted molar refractivity (Wildman–Crippen MR) is 97.2 cm³/mol. The van der Waals surface area contributed by atoms with Crippen LogP contribution < -0.4 is 5.32 Å². The molecule has 2 atom stereocenters. The molecule has 2 amide bonds. The zero-order valence-electron chi connectivity index (χ0n) is 13.5. The summed E-state index contributed by atoms with van der Waals surface area (Å²) in [7, 11) is -1.78. The van der Waals surface area contributed by atoms with Crippen LogP contribution in [0.15, 0.2) is 30.9 Å². The third kappa shape index (κ3) is 4.98.